The number of carbonyl (C=O) groups excluding carboxylic acids is 1. The van der Waals surface area contributed by atoms with Crippen LogP contribution < -0.4 is 10.2 Å². The summed E-state index contributed by atoms with van der Waals surface area (Å²) < 4.78 is 26.9. The number of sulfonamides is 1. The van der Waals surface area contributed by atoms with E-state index in [9.17, 15) is 13.2 Å². The van der Waals surface area contributed by atoms with Crippen molar-refractivity contribution >= 4 is 15.9 Å². The molecule has 150 valence electrons. The molecule has 0 saturated carbocycles. The van der Waals surface area contributed by atoms with E-state index in [0.29, 0.717) is 25.2 Å². The van der Waals surface area contributed by atoms with Gasteiger partial charge >= 0.3 is 0 Å². The summed E-state index contributed by atoms with van der Waals surface area (Å²) in [4.78, 5) is 14.0. The second-order valence-electron chi connectivity index (χ2n) is 7.52. The number of amides is 1. The average molecular weight is 403 g/mol. The number of rotatable bonds is 7. The van der Waals surface area contributed by atoms with Gasteiger partial charge in [0.15, 0.2) is 0 Å². The SMILES string of the molecule is C[NH+](C)Cc1ccc(CNC(=O)c2cccc(S(=O)(=O)N3CCCC3)c2)cc1. The molecule has 0 spiro atoms. The van der Waals surface area contributed by atoms with Crippen molar-refractivity contribution in [3.63, 3.8) is 0 Å². The van der Waals surface area contributed by atoms with Gasteiger partial charge in [-0.1, -0.05) is 30.3 Å². The molecule has 3 rings (SSSR count). The lowest BCUT2D eigenvalue weighted by Crippen LogP contribution is -3.04. The Morgan fingerprint density at radius 2 is 1.68 bits per heavy atom. The number of hydrogen-bond donors (Lipinski definition) is 2. The minimum atomic E-state index is -3.53. The molecule has 2 aromatic carbocycles. The lowest BCUT2D eigenvalue weighted by atomic mass is 10.1. The monoisotopic (exact) mass is 402 g/mol. The van der Waals surface area contributed by atoms with Crippen molar-refractivity contribution in [1.29, 1.82) is 0 Å². The zero-order chi connectivity index (χ0) is 20.1. The van der Waals surface area contributed by atoms with Crippen LogP contribution in [-0.4, -0.2) is 45.8 Å². The number of quaternary nitrogens is 1. The van der Waals surface area contributed by atoms with Crippen molar-refractivity contribution in [3.05, 3.63) is 65.2 Å². The van der Waals surface area contributed by atoms with E-state index in [1.807, 2.05) is 12.1 Å². The highest BCUT2D eigenvalue weighted by Gasteiger charge is 2.27. The quantitative estimate of drug-likeness (QED) is 0.727. The summed E-state index contributed by atoms with van der Waals surface area (Å²) in [5.74, 6) is -0.278. The maximum atomic E-state index is 12.7. The molecule has 0 aromatic heterocycles. The smallest absolute Gasteiger partial charge is 0.251 e. The Balaban J connectivity index is 1.65. The van der Waals surface area contributed by atoms with Crippen LogP contribution in [-0.2, 0) is 23.1 Å². The fourth-order valence-electron chi connectivity index (χ4n) is 3.34. The molecule has 0 atom stereocenters. The van der Waals surface area contributed by atoms with Gasteiger partial charge in [-0.3, -0.25) is 4.79 Å². The van der Waals surface area contributed by atoms with E-state index in [1.165, 1.54) is 20.8 Å². The highest BCUT2D eigenvalue weighted by Crippen LogP contribution is 2.21. The summed E-state index contributed by atoms with van der Waals surface area (Å²) in [7, 11) is 0.681. The van der Waals surface area contributed by atoms with E-state index in [4.69, 9.17) is 0 Å². The van der Waals surface area contributed by atoms with Crippen LogP contribution in [0.5, 0.6) is 0 Å². The van der Waals surface area contributed by atoms with Gasteiger partial charge in [0.1, 0.15) is 6.54 Å². The fourth-order valence-corrected chi connectivity index (χ4v) is 4.91. The Labute approximate surface area is 167 Å². The zero-order valence-electron chi connectivity index (χ0n) is 16.4. The van der Waals surface area contributed by atoms with Crippen molar-refractivity contribution in [2.24, 2.45) is 0 Å². The first kappa shape index (κ1) is 20.5. The Morgan fingerprint density at radius 3 is 2.32 bits per heavy atom. The molecule has 6 nitrogen and oxygen atoms in total. The lowest BCUT2D eigenvalue weighted by molar-refractivity contribution is -0.872. The molecule has 1 fully saturated rings. The number of nitrogens with one attached hydrogen (secondary N) is 2. The minimum absolute atomic E-state index is 0.178. The molecular weight excluding hydrogens is 374 g/mol. The van der Waals surface area contributed by atoms with Gasteiger partial charge in [-0.05, 0) is 36.6 Å². The van der Waals surface area contributed by atoms with Crippen LogP contribution in [0.15, 0.2) is 53.4 Å². The van der Waals surface area contributed by atoms with Gasteiger partial charge in [-0.2, -0.15) is 4.31 Å². The molecule has 1 aliphatic heterocycles. The molecule has 2 aromatic rings. The predicted molar refractivity (Wildman–Crippen MR) is 109 cm³/mol. The van der Waals surface area contributed by atoms with E-state index in [1.54, 1.807) is 18.2 Å². The molecule has 1 aliphatic rings. The lowest BCUT2D eigenvalue weighted by Gasteiger charge is -2.16. The first-order valence-electron chi connectivity index (χ1n) is 9.61. The van der Waals surface area contributed by atoms with Gasteiger partial charge in [0.05, 0.1) is 19.0 Å². The Hall–Kier alpha value is -2.22. The second kappa shape index (κ2) is 8.86. The number of carbonyl (C=O) groups is 1. The van der Waals surface area contributed by atoms with Crippen LogP contribution in [0.1, 0.15) is 34.3 Å². The van der Waals surface area contributed by atoms with Gasteiger partial charge in [-0.25, -0.2) is 8.42 Å². The van der Waals surface area contributed by atoms with Gasteiger partial charge in [0.25, 0.3) is 5.91 Å². The first-order chi connectivity index (χ1) is 13.4. The Morgan fingerprint density at radius 1 is 1.04 bits per heavy atom. The summed E-state index contributed by atoms with van der Waals surface area (Å²) in [5, 5.41) is 2.87. The van der Waals surface area contributed by atoms with Crippen molar-refractivity contribution in [3.8, 4) is 0 Å². The average Bonchev–Trinajstić information content (AvgIpc) is 3.22. The third kappa shape index (κ3) is 4.98. The van der Waals surface area contributed by atoms with Crippen LogP contribution in [0, 0.1) is 0 Å². The first-order valence-corrected chi connectivity index (χ1v) is 11.1. The maximum Gasteiger partial charge on any atom is 0.251 e. The largest absolute Gasteiger partial charge is 0.348 e. The van der Waals surface area contributed by atoms with Gasteiger partial charge < -0.3 is 10.2 Å². The Kier molecular flexibility index (Phi) is 6.49. The summed E-state index contributed by atoms with van der Waals surface area (Å²) in [5.41, 5.74) is 2.61. The third-order valence-corrected chi connectivity index (χ3v) is 6.73. The molecule has 1 amide bonds. The molecule has 1 heterocycles. The van der Waals surface area contributed by atoms with Crippen LogP contribution in [0.4, 0.5) is 0 Å². The molecule has 2 N–H and O–H groups in total. The number of nitrogens with zero attached hydrogens (tertiary/aromatic N) is 1. The van der Waals surface area contributed by atoms with Gasteiger partial charge in [0.2, 0.25) is 10.0 Å². The molecule has 0 unspecified atom stereocenters. The molecule has 0 aliphatic carbocycles. The van der Waals surface area contributed by atoms with Crippen LogP contribution in [0.25, 0.3) is 0 Å². The molecular formula is C21H28N3O3S+. The van der Waals surface area contributed by atoms with Crippen molar-refractivity contribution in [2.45, 2.75) is 30.8 Å². The summed E-state index contributed by atoms with van der Waals surface area (Å²) in [6, 6.07) is 14.4. The zero-order valence-corrected chi connectivity index (χ0v) is 17.3. The van der Waals surface area contributed by atoms with E-state index in [0.717, 1.165) is 24.9 Å². The van der Waals surface area contributed by atoms with E-state index >= 15 is 0 Å². The van der Waals surface area contributed by atoms with Gasteiger partial charge in [0, 0.05) is 30.8 Å². The van der Waals surface area contributed by atoms with Crippen LogP contribution in [0.2, 0.25) is 0 Å². The summed E-state index contributed by atoms with van der Waals surface area (Å²) in [6.07, 6.45) is 1.77. The maximum absolute atomic E-state index is 12.7. The standard InChI is InChI=1S/C21H27N3O3S/c1-23(2)16-18-10-8-17(9-11-18)15-22-21(25)19-6-5-7-20(14-19)28(26,27)24-12-3-4-13-24/h5-11,14H,3-4,12-13,15-16H2,1-2H3,(H,22,25)/p+1. The minimum Gasteiger partial charge on any atom is -0.348 e. The highest BCUT2D eigenvalue weighted by atomic mass is 32.2. The Bertz CT molecular complexity index is 918. The molecule has 1 saturated heterocycles. The molecule has 0 bridgehead atoms. The van der Waals surface area contributed by atoms with Crippen molar-refractivity contribution < 1.29 is 18.1 Å². The third-order valence-electron chi connectivity index (χ3n) is 4.83. The topological polar surface area (TPSA) is 70.9 Å². The number of hydrogen-bond acceptors (Lipinski definition) is 3. The van der Waals surface area contributed by atoms with Gasteiger partial charge in [-0.15, -0.1) is 0 Å². The normalized spacial score (nSPS) is 15.1. The number of benzene rings is 2. The summed E-state index contributed by atoms with van der Waals surface area (Å²) in [6.45, 7) is 2.44. The molecule has 28 heavy (non-hydrogen) atoms. The summed E-state index contributed by atoms with van der Waals surface area (Å²) >= 11 is 0. The fraction of sp³-hybridized carbons (Fsp3) is 0.381. The van der Waals surface area contributed by atoms with Crippen LogP contribution in [0.3, 0.4) is 0 Å². The molecule has 7 heteroatoms. The van der Waals surface area contributed by atoms with Crippen LogP contribution >= 0.6 is 0 Å². The second-order valence-corrected chi connectivity index (χ2v) is 9.46. The molecule has 0 radical (unpaired) electrons. The van der Waals surface area contributed by atoms with Crippen molar-refractivity contribution in [2.75, 3.05) is 27.2 Å². The highest BCUT2D eigenvalue weighted by molar-refractivity contribution is 7.89. The van der Waals surface area contributed by atoms with E-state index in [-0.39, 0.29) is 10.8 Å². The van der Waals surface area contributed by atoms with E-state index in [2.05, 4.69) is 31.5 Å². The predicted octanol–water partition coefficient (Wildman–Crippen LogP) is 1.05. The van der Waals surface area contributed by atoms with E-state index < -0.39 is 10.0 Å². The van der Waals surface area contributed by atoms with Crippen molar-refractivity contribution in [1.82, 2.24) is 9.62 Å².